The number of thiophene rings is 1. The van der Waals surface area contributed by atoms with E-state index in [1.807, 2.05) is 17.3 Å². The Balaban J connectivity index is 0.00000144. The SMILES string of the molecule is CN(C(=O)c1sccc1Cl)C1CCNCC1.Cl. The molecule has 1 amide bonds. The molecule has 0 aliphatic carbocycles. The van der Waals surface area contributed by atoms with Gasteiger partial charge in [0, 0.05) is 13.1 Å². The van der Waals surface area contributed by atoms with Crippen molar-refractivity contribution >= 4 is 41.3 Å². The Kier molecular flexibility index (Phi) is 5.73. The minimum Gasteiger partial charge on any atom is -0.338 e. The van der Waals surface area contributed by atoms with Crippen LogP contribution in [0.25, 0.3) is 0 Å². The molecule has 1 fully saturated rings. The summed E-state index contributed by atoms with van der Waals surface area (Å²) in [5, 5.41) is 5.71. The van der Waals surface area contributed by atoms with Gasteiger partial charge in [-0.1, -0.05) is 11.6 Å². The fraction of sp³-hybridized carbons (Fsp3) is 0.545. The van der Waals surface area contributed by atoms with Gasteiger partial charge in [-0.25, -0.2) is 0 Å². The van der Waals surface area contributed by atoms with E-state index in [1.54, 1.807) is 6.07 Å². The molecule has 0 bridgehead atoms. The zero-order chi connectivity index (χ0) is 11.5. The summed E-state index contributed by atoms with van der Waals surface area (Å²) >= 11 is 7.38. The van der Waals surface area contributed by atoms with Crippen molar-refractivity contribution in [2.45, 2.75) is 18.9 Å². The molecular weight excluding hydrogens is 279 g/mol. The zero-order valence-corrected chi connectivity index (χ0v) is 12.0. The Morgan fingerprint density at radius 1 is 1.53 bits per heavy atom. The quantitative estimate of drug-likeness (QED) is 0.909. The average molecular weight is 295 g/mol. The van der Waals surface area contributed by atoms with E-state index in [4.69, 9.17) is 11.6 Å². The summed E-state index contributed by atoms with van der Waals surface area (Å²) in [6.45, 7) is 1.97. The summed E-state index contributed by atoms with van der Waals surface area (Å²) in [6.07, 6.45) is 2.04. The van der Waals surface area contributed by atoms with Crippen LogP contribution in [0.4, 0.5) is 0 Å². The maximum absolute atomic E-state index is 12.2. The van der Waals surface area contributed by atoms with Gasteiger partial charge in [-0.05, 0) is 37.4 Å². The van der Waals surface area contributed by atoms with Crippen LogP contribution >= 0.6 is 35.3 Å². The smallest absolute Gasteiger partial charge is 0.265 e. The lowest BCUT2D eigenvalue weighted by atomic mass is 10.1. The molecule has 0 aromatic carbocycles. The van der Waals surface area contributed by atoms with E-state index in [1.165, 1.54) is 11.3 Å². The molecular formula is C11H16Cl2N2OS. The fourth-order valence-electron chi connectivity index (χ4n) is 1.97. The summed E-state index contributed by atoms with van der Waals surface area (Å²) in [4.78, 5) is 14.6. The van der Waals surface area contributed by atoms with Crippen LogP contribution < -0.4 is 5.32 Å². The number of nitrogens with zero attached hydrogens (tertiary/aromatic N) is 1. The molecule has 0 atom stereocenters. The lowest BCUT2D eigenvalue weighted by molar-refractivity contribution is 0.0708. The molecule has 1 saturated heterocycles. The van der Waals surface area contributed by atoms with Gasteiger partial charge in [0.2, 0.25) is 0 Å². The van der Waals surface area contributed by atoms with Crippen molar-refractivity contribution in [3.8, 4) is 0 Å². The molecule has 1 aliphatic rings. The predicted octanol–water partition coefficient (Wildman–Crippen LogP) is 2.65. The number of rotatable bonds is 2. The molecule has 96 valence electrons. The standard InChI is InChI=1S/C11H15ClN2OS.ClH/c1-14(8-2-5-13-6-3-8)11(15)10-9(12)4-7-16-10;/h4,7-8,13H,2-3,5-6H2,1H3;1H. The lowest BCUT2D eigenvalue weighted by Crippen LogP contribution is -2.43. The topological polar surface area (TPSA) is 32.3 Å². The Morgan fingerprint density at radius 2 is 2.18 bits per heavy atom. The maximum atomic E-state index is 12.2. The molecule has 3 nitrogen and oxygen atoms in total. The van der Waals surface area contributed by atoms with E-state index < -0.39 is 0 Å². The van der Waals surface area contributed by atoms with Gasteiger partial charge in [-0.2, -0.15) is 0 Å². The number of halogens is 2. The largest absolute Gasteiger partial charge is 0.338 e. The first-order valence-electron chi connectivity index (χ1n) is 5.41. The van der Waals surface area contributed by atoms with Crippen LogP contribution in [0.5, 0.6) is 0 Å². The normalized spacial score (nSPS) is 16.4. The highest BCUT2D eigenvalue weighted by Crippen LogP contribution is 2.24. The van der Waals surface area contributed by atoms with Gasteiger partial charge in [0.1, 0.15) is 4.88 Å². The molecule has 6 heteroatoms. The summed E-state index contributed by atoms with van der Waals surface area (Å²) < 4.78 is 0. The van der Waals surface area contributed by atoms with E-state index in [9.17, 15) is 4.79 Å². The Bertz CT molecular complexity index is 377. The van der Waals surface area contributed by atoms with Gasteiger partial charge in [0.25, 0.3) is 5.91 Å². The highest BCUT2D eigenvalue weighted by atomic mass is 35.5. The van der Waals surface area contributed by atoms with Crippen molar-refractivity contribution < 1.29 is 4.79 Å². The monoisotopic (exact) mass is 294 g/mol. The van der Waals surface area contributed by atoms with Crippen molar-refractivity contribution in [1.29, 1.82) is 0 Å². The van der Waals surface area contributed by atoms with Crippen LogP contribution in [0.2, 0.25) is 5.02 Å². The molecule has 1 aromatic rings. The zero-order valence-electron chi connectivity index (χ0n) is 9.61. The molecule has 0 unspecified atom stereocenters. The summed E-state index contributed by atoms with van der Waals surface area (Å²) in [6, 6.07) is 2.11. The molecule has 2 rings (SSSR count). The number of hydrogen-bond acceptors (Lipinski definition) is 3. The van der Waals surface area contributed by atoms with Gasteiger partial charge >= 0.3 is 0 Å². The van der Waals surface area contributed by atoms with Crippen molar-refractivity contribution in [3.05, 3.63) is 21.3 Å². The first-order valence-corrected chi connectivity index (χ1v) is 6.67. The Labute approximate surface area is 117 Å². The summed E-state index contributed by atoms with van der Waals surface area (Å²) in [7, 11) is 1.87. The molecule has 2 heterocycles. The minimum atomic E-state index is 0. The molecule has 0 spiro atoms. The van der Waals surface area contributed by atoms with Crippen molar-refractivity contribution in [1.82, 2.24) is 10.2 Å². The van der Waals surface area contributed by atoms with Crippen LogP contribution in [0.1, 0.15) is 22.5 Å². The third-order valence-corrected chi connectivity index (χ3v) is 4.32. The first-order chi connectivity index (χ1) is 7.70. The summed E-state index contributed by atoms with van der Waals surface area (Å²) in [5.74, 6) is 0.0481. The second-order valence-electron chi connectivity index (χ2n) is 3.99. The minimum absolute atomic E-state index is 0. The molecule has 1 aromatic heterocycles. The van der Waals surface area contributed by atoms with Crippen molar-refractivity contribution in [2.75, 3.05) is 20.1 Å². The third kappa shape index (κ3) is 3.35. The van der Waals surface area contributed by atoms with Crippen LogP contribution in [0.15, 0.2) is 11.4 Å². The lowest BCUT2D eigenvalue weighted by Gasteiger charge is -2.31. The van der Waals surface area contributed by atoms with Gasteiger partial charge in [0.15, 0.2) is 0 Å². The predicted molar refractivity (Wildman–Crippen MR) is 74.6 cm³/mol. The highest BCUT2D eigenvalue weighted by Gasteiger charge is 2.24. The van der Waals surface area contributed by atoms with Crippen molar-refractivity contribution in [2.24, 2.45) is 0 Å². The number of hydrogen-bond donors (Lipinski definition) is 1. The van der Waals surface area contributed by atoms with E-state index >= 15 is 0 Å². The molecule has 1 N–H and O–H groups in total. The van der Waals surface area contributed by atoms with Crippen molar-refractivity contribution in [3.63, 3.8) is 0 Å². The van der Waals surface area contributed by atoms with E-state index in [0.29, 0.717) is 15.9 Å². The number of carbonyl (C=O) groups is 1. The molecule has 1 aliphatic heterocycles. The second-order valence-corrected chi connectivity index (χ2v) is 5.32. The van der Waals surface area contributed by atoms with E-state index in [2.05, 4.69) is 5.32 Å². The van der Waals surface area contributed by atoms with E-state index in [0.717, 1.165) is 25.9 Å². The van der Waals surface area contributed by atoms with Gasteiger partial charge in [-0.3, -0.25) is 4.79 Å². The average Bonchev–Trinajstić information content (AvgIpc) is 2.75. The Hall–Kier alpha value is -0.290. The van der Waals surface area contributed by atoms with Crippen LogP contribution in [-0.2, 0) is 0 Å². The molecule has 0 radical (unpaired) electrons. The molecule has 0 saturated carbocycles. The van der Waals surface area contributed by atoms with Gasteiger partial charge in [0.05, 0.1) is 5.02 Å². The Morgan fingerprint density at radius 3 is 2.71 bits per heavy atom. The summed E-state index contributed by atoms with van der Waals surface area (Å²) in [5.41, 5.74) is 0. The molecule has 17 heavy (non-hydrogen) atoms. The van der Waals surface area contributed by atoms with Crippen LogP contribution in [-0.4, -0.2) is 37.0 Å². The number of piperidine rings is 1. The van der Waals surface area contributed by atoms with Gasteiger partial charge < -0.3 is 10.2 Å². The second kappa shape index (κ2) is 6.59. The highest BCUT2D eigenvalue weighted by molar-refractivity contribution is 7.12. The van der Waals surface area contributed by atoms with Gasteiger partial charge in [-0.15, -0.1) is 23.7 Å². The first kappa shape index (κ1) is 14.8. The van der Waals surface area contributed by atoms with Crippen LogP contribution in [0.3, 0.4) is 0 Å². The number of carbonyl (C=O) groups excluding carboxylic acids is 1. The third-order valence-electron chi connectivity index (χ3n) is 2.99. The maximum Gasteiger partial charge on any atom is 0.265 e. The van der Waals surface area contributed by atoms with Crippen LogP contribution in [0, 0.1) is 0 Å². The fourth-order valence-corrected chi connectivity index (χ4v) is 3.08. The number of nitrogens with one attached hydrogen (secondary N) is 1. The number of amides is 1. The van der Waals surface area contributed by atoms with E-state index in [-0.39, 0.29) is 18.3 Å².